The Hall–Kier alpha value is -0.340. The number of rotatable bonds is 6. The quantitative estimate of drug-likeness (QED) is 0.694. The van der Waals surface area contributed by atoms with Gasteiger partial charge in [-0.1, -0.05) is 20.3 Å². The van der Waals surface area contributed by atoms with Gasteiger partial charge in [0.05, 0.1) is 0 Å². The van der Waals surface area contributed by atoms with Crippen molar-refractivity contribution in [2.45, 2.75) is 40.2 Å². The van der Waals surface area contributed by atoms with Gasteiger partial charge in [-0.15, -0.1) is 11.3 Å². The fourth-order valence-corrected chi connectivity index (χ4v) is 2.45. The summed E-state index contributed by atoms with van der Waals surface area (Å²) in [7, 11) is 0. The van der Waals surface area contributed by atoms with Gasteiger partial charge in [-0.3, -0.25) is 4.90 Å². The van der Waals surface area contributed by atoms with E-state index >= 15 is 0 Å². The van der Waals surface area contributed by atoms with Crippen LogP contribution in [0, 0.1) is 6.92 Å². The molecule has 14 heavy (non-hydrogen) atoms. The zero-order valence-electron chi connectivity index (χ0n) is 9.55. The predicted octanol–water partition coefficient (Wildman–Crippen LogP) is 3.68. The van der Waals surface area contributed by atoms with Gasteiger partial charge in [0, 0.05) is 16.3 Å². The Morgan fingerprint density at radius 2 is 2.07 bits per heavy atom. The van der Waals surface area contributed by atoms with E-state index in [9.17, 15) is 0 Å². The van der Waals surface area contributed by atoms with E-state index in [-0.39, 0.29) is 0 Å². The van der Waals surface area contributed by atoms with Crippen LogP contribution in [0.3, 0.4) is 0 Å². The van der Waals surface area contributed by atoms with Gasteiger partial charge in [-0.2, -0.15) is 0 Å². The van der Waals surface area contributed by atoms with E-state index in [1.54, 1.807) is 0 Å². The minimum atomic E-state index is 1.13. The van der Waals surface area contributed by atoms with Crippen molar-refractivity contribution < 1.29 is 0 Å². The van der Waals surface area contributed by atoms with Crippen LogP contribution in [0.4, 0.5) is 0 Å². The zero-order chi connectivity index (χ0) is 10.4. The maximum Gasteiger partial charge on any atom is 0.0327 e. The molecule has 0 aliphatic heterocycles. The van der Waals surface area contributed by atoms with Crippen LogP contribution in [0.2, 0.25) is 0 Å². The fourth-order valence-electron chi connectivity index (χ4n) is 1.52. The number of hydrogen-bond donors (Lipinski definition) is 0. The number of aryl methyl sites for hydroxylation is 1. The lowest BCUT2D eigenvalue weighted by molar-refractivity contribution is 0.278. The van der Waals surface area contributed by atoms with E-state index in [2.05, 4.69) is 37.8 Å². The average Bonchev–Trinajstić information content (AvgIpc) is 2.58. The third-order valence-electron chi connectivity index (χ3n) is 2.45. The van der Waals surface area contributed by atoms with Gasteiger partial charge in [0.2, 0.25) is 0 Å². The molecule has 0 amide bonds. The van der Waals surface area contributed by atoms with Crippen molar-refractivity contribution in [3.63, 3.8) is 0 Å². The molecule has 2 heteroatoms. The second-order valence-corrected chi connectivity index (χ2v) is 5.11. The molecule has 0 bridgehead atoms. The van der Waals surface area contributed by atoms with Crippen LogP contribution in [-0.2, 0) is 6.54 Å². The van der Waals surface area contributed by atoms with E-state index in [1.807, 2.05) is 11.3 Å². The molecular weight excluding hydrogens is 190 g/mol. The molecule has 0 unspecified atom stereocenters. The summed E-state index contributed by atoms with van der Waals surface area (Å²) in [6.07, 6.45) is 2.61. The first-order valence-electron chi connectivity index (χ1n) is 5.54. The fraction of sp³-hybridized carbons (Fsp3) is 0.667. The lowest BCUT2D eigenvalue weighted by Crippen LogP contribution is -2.23. The summed E-state index contributed by atoms with van der Waals surface area (Å²) >= 11 is 1.92. The molecule has 1 aromatic rings. The minimum absolute atomic E-state index is 1.13. The predicted molar refractivity (Wildman–Crippen MR) is 64.9 cm³/mol. The molecule has 1 rings (SSSR count). The molecule has 1 nitrogen and oxygen atoms in total. The molecule has 0 aliphatic rings. The monoisotopic (exact) mass is 211 g/mol. The SMILES string of the molecule is CCCCN(CC)Cc1ccc(C)s1. The van der Waals surface area contributed by atoms with Crippen molar-refractivity contribution >= 4 is 11.3 Å². The minimum Gasteiger partial charge on any atom is -0.299 e. The van der Waals surface area contributed by atoms with Crippen molar-refractivity contribution in [2.75, 3.05) is 13.1 Å². The normalized spacial score (nSPS) is 11.1. The van der Waals surface area contributed by atoms with E-state index < -0.39 is 0 Å². The Morgan fingerprint density at radius 1 is 1.29 bits per heavy atom. The molecule has 0 spiro atoms. The molecule has 0 N–H and O–H groups in total. The molecule has 0 radical (unpaired) electrons. The Kier molecular flexibility index (Phi) is 5.20. The van der Waals surface area contributed by atoms with Gasteiger partial charge >= 0.3 is 0 Å². The highest BCUT2D eigenvalue weighted by Gasteiger charge is 2.04. The van der Waals surface area contributed by atoms with E-state index in [4.69, 9.17) is 0 Å². The summed E-state index contributed by atoms with van der Waals surface area (Å²) < 4.78 is 0. The third kappa shape index (κ3) is 3.81. The molecule has 0 saturated heterocycles. The van der Waals surface area contributed by atoms with Crippen molar-refractivity contribution in [1.82, 2.24) is 4.90 Å². The van der Waals surface area contributed by atoms with Gasteiger partial charge in [-0.25, -0.2) is 0 Å². The molecule has 0 saturated carbocycles. The lowest BCUT2D eigenvalue weighted by Gasteiger charge is -2.18. The van der Waals surface area contributed by atoms with Crippen molar-refractivity contribution in [3.05, 3.63) is 21.9 Å². The Labute approximate surface area is 91.8 Å². The molecule has 0 atom stereocenters. The van der Waals surface area contributed by atoms with Crippen molar-refractivity contribution in [1.29, 1.82) is 0 Å². The second-order valence-electron chi connectivity index (χ2n) is 3.73. The summed E-state index contributed by atoms with van der Waals surface area (Å²) in [5.41, 5.74) is 0. The van der Waals surface area contributed by atoms with Crippen LogP contribution in [0.5, 0.6) is 0 Å². The highest BCUT2D eigenvalue weighted by Crippen LogP contribution is 2.17. The van der Waals surface area contributed by atoms with Gasteiger partial charge in [0.15, 0.2) is 0 Å². The van der Waals surface area contributed by atoms with Gasteiger partial charge in [0.1, 0.15) is 0 Å². The Morgan fingerprint density at radius 3 is 2.57 bits per heavy atom. The van der Waals surface area contributed by atoms with Gasteiger partial charge in [-0.05, 0) is 38.6 Å². The van der Waals surface area contributed by atoms with Crippen LogP contribution in [0.25, 0.3) is 0 Å². The largest absolute Gasteiger partial charge is 0.299 e. The summed E-state index contributed by atoms with van der Waals surface area (Å²) in [6, 6.07) is 4.47. The molecule has 1 heterocycles. The standard InChI is InChI=1S/C12H21NS/c1-4-6-9-13(5-2)10-12-8-7-11(3)14-12/h7-8H,4-6,9-10H2,1-3H3. The van der Waals surface area contributed by atoms with Crippen LogP contribution in [0.15, 0.2) is 12.1 Å². The van der Waals surface area contributed by atoms with Crippen LogP contribution >= 0.6 is 11.3 Å². The number of unbranched alkanes of at least 4 members (excludes halogenated alkanes) is 1. The molecular formula is C12H21NS. The smallest absolute Gasteiger partial charge is 0.0327 e. The van der Waals surface area contributed by atoms with E-state index in [0.717, 1.165) is 13.1 Å². The maximum atomic E-state index is 2.52. The first-order valence-corrected chi connectivity index (χ1v) is 6.35. The van der Waals surface area contributed by atoms with Gasteiger partial charge < -0.3 is 0 Å². The third-order valence-corrected chi connectivity index (χ3v) is 3.44. The molecule has 0 fully saturated rings. The highest BCUT2D eigenvalue weighted by atomic mass is 32.1. The van der Waals surface area contributed by atoms with Crippen LogP contribution < -0.4 is 0 Å². The molecule has 0 aromatic carbocycles. The first-order chi connectivity index (χ1) is 6.76. The maximum absolute atomic E-state index is 2.52. The Bertz CT molecular complexity index is 255. The van der Waals surface area contributed by atoms with Crippen molar-refractivity contribution in [2.24, 2.45) is 0 Å². The summed E-state index contributed by atoms with van der Waals surface area (Å²) in [6.45, 7) is 10.2. The molecule has 80 valence electrons. The van der Waals surface area contributed by atoms with Crippen molar-refractivity contribution in [3.8, 4) is 0 Å². The van der Waals surface area contributed by atoms with Gasteiger partial charge in [0.25, 0.3) is 0 Å². The zero-order valence-corrected chi connectivity index (χ0v) is 10.4. The summed E-state index contributed by atoms with van der Waals surface area (Å²) in [4.78, 5) is 5.45. The number of nitrogens with zero attached hydrogens (tertiary/aromatic N) is 1. The van der Waals surface area contributed by atoms with Crippen LogP contribution in [-0.4, -0.2) is 18.0 Å². The highest BCUT2D eigenvalue weighted by molar-refractivity contribution is 7.11. The first kappa shape index (κ1) is 11.7. The van der Waals surface area contributed by atoms with E-state index in [1.165, 1.54) is 29.1 Å². The average molecular weight is 211 g/mol. The lowest BCUT2D eigenvalue weighted by atomic mass is 10.3. The van der Waals surface area contributed by atoms with E-state index in [0.29, 0.717) is 0 Å². The molecule has 0 aliphatic carbocycles. The Balaban J connectivity index is 2.40. The van der Waals surface area contributed by atoms with Crippen LogP contribution in [0.1, 0.15) is 36.4 Å². The summed E-state index contributed by atoms with van der Waals surface area (Å²) in [5, 5.41) is 0. The summed E-state index contributed by atoms with van der Waals surface area (Å²) in [5.74, 6) is 0. The second kappa shape index (κ2) is 6.20. The molecule has 1 aromatic heterocycles. The number of thiophene rings is 1. The number of hydrogen-bond acceptors (Lipinski definition) is 2. The topological polar surface area (TPSA) is 3.24 Å².